The largest absolute Gasteiger partial charge is 0.497 e. The minimum Gasteiger partial charge on any atom is -0.497 e. The Morgan fingerprint density at radius 3 is 2.71 bits per heavy atom. The lowest BCUT2D eigenvalue weighted by atomic mass is 10.0. The number of ether oxygens (including phenoxy) is 1. The van der Waals surface area contributed by atoms with Gasteiger partial charge < -0.3 is 4.74 Å². The summed E-state index contributed by atoms with van der Waals surface area (Å²) in [5.41, 5.74) is 0.280. The van der Waals surface area contributed by atoms with Crippen LogP contribution in [0.25, 0.3) is 0 Å². The molecule has 86 valence electrons. The molecule has 0 saturated heterocycles. The van der Waals surface area contributed by atoms with Crippen molar-refractivity contribution in [2.24, 2.45) is 0 Å². The van der Waals surface area contributed by atoms with E-state index < -0.39 is 11.6 Å². The van der Waals surface area contributed by atoms with Gasteiger partial charge in [0.25, 0.3) is 0 Å². The van der Waals surface area contributed by atoms with Crippen molar-refractivity contribution in [2.45, 2.75) is 0 Å². The lowest BCUT2D eigenvalue weighted by Gasteiger charge is -2.04. The molecule has 1 heterocycles. The lowest BCUT2D eigenvalue weighted by Crippen LogP contribution is -2.05. The minimum absolute atomic E-state index is 0.0150. The Labute approximate surface area is 97.1 Å². The van der Waals surface area contributed by atoms with Gasteiger partial charge in [0.2, 0.25) is 0 Å². The number of hydrogen-bond acceptors (Lipinski definition) is 4. The van der Waals surface area contributed by atoms with Gasteiger partial charge in [0.1, 0.15) is 11.6 Å². The highest BCUT2D eigenvalue weighted by Gasteiger charge is 2.14. The number of aromatic nitrogens is 2. The summed E-state index contributed by atoms with van der Waals surface area (Å²) in [7, 11) is 1.43. The maximum atomic E-state index is 13.6. The Hall–Kier alpha value is -2.30. The van der Waals surface area contributed by atoms with Crippen LogP contribution >= 0.6 is 0 Å². The molecule has 0 unspecified atom stereocenters. The van der Waals surface area contributed by atoms with Crippen LogP contribution in [-0.2, 0) is 0 Å². The Morgan fingerprint density at radius 1 is 1.29 bits per heavy atom. The van der Waals surface area contributed by atoms with Crippen LogP contribution in [0.15, 0.2) is 36.7 Å². The maximum absolute atomic E-state index is 13.6. The fraction of sp³-hybridized carbons (Fsp3) is 0.0833. The number of halogens is 1. The van der Waals surface area contributed by atoms with Crippen LogP contribution in [0.1, 0.15) is 15.9 Å². The van der Waals surface area contributed by atoms with E-state index in [-0.39, 0.29) is 5.56 Å². The smallest absolute Gasteiger partial charge is 0.197 e. The fourth-order valence-corrected chi connectivity index (χ4v) is 1.39. The van der Waals surface area contributed by atoms with E-state index >= 15 is 0 Å². The Morgan fingerprint density at radius 2 is 2.12 bits per heavy atom. The van der Waals surface area contributed by atoms with Gasteiger partial charge in [-0.25, -0.2) is 4.39 Å². The number of rotatable bonds is 3. The van der Waals surface area contributed by atoms with Gasteiger partial charge in [-0.3, -0.25) is 4.79 Å². The van der Waals surface area contributed by atoms with Crippen molar-refractivity contribution in [1.82, 2.24) is 10.2 Å². The van der Waals surface area contributed by atoms with Gasteiger partial charge in [0.05, 0.1) is 25.1 Å². The summed E-state index contributed by atoms with van der Waals surface area (Å²) in [6.45, 7) is 0. The van der Waals surface area contributed by atoms with Crippen molar-refractivity contribution in [3.05, 3.63) is 53.6 Å². The fourth-order valence-electron chi connectivity index (χ4n) is 1.39. The molecule has 1 aromatic heterocycles. The van der Waals surface area contributed by atoms with E-state index in [9.17, 15) is 9.18 Å². The molecule has 0 N–H and O–H groups in total. The van der Waals surface area contributed by atoms with Crippen LogP contribution in [0.4, 0.5) is 4.39 Å². The van der Waals surface area contributed by atoms with Crippen LogP contribution in [0, 0.1) is 5.82 Å². The molecular formula is C12H9FN2O2. The first kappa shape index (κ1) is 11.2. The molecule has 17 heavy (non-hydrogen) atoms. The summed E-state index contributed by atoms with van der Waals surface area (Å²) >= 11 is 0. The zero-order valence-electron chi connectivity index (χ0n) is 9.05. The zero-order valence-corrected chi connectivity index (χ0v) is 9.05. The predicted molar refractivity (Wildman–Crippen MR) is 58.4 cm³/mol. The molecule has 0 fully saturated rings. The molecule has 0 aliphatic heterocycles. The summed E-state index contributed by atoms with van der Waals surface area (Å²) in [6.07, 6.45) is 2.68. The summed E-state index contributed by atoms with van der Waals surface area (Å²) in [5, 5.41) is 7.13. The third kappa shape index (κ3) is 2.28. The molecule has 0 saturated carbocycles. The third-order valence-corrected chi connectivity index (χ3v) is 2.27. The number of carbonyl (C=O) groups is 1. The Bertz CT molecular complexity index is 543. The maximum Gasteiger partial charge on any atom is 0.197 e. The molecular weight excluding hydrogens is 223 g/mol. The quantitative estimate of drug-likeness (QED) is 0.758. The van der Waals surface area contributed by atoms with Gasteiger partial charge in [0, 0.05) is 11.6 Å². The molecule has 0 atom stereocenters. The van der Waals surface area contributed by atoms with Crippen molar-refractivity contribution in [3.8, 4) is 5.75 Å². The first-order valence-corrected chi connectivity index (χ1v) is 4.87. The van der Waals surface area contributed by atoms with Gasteiger partial charge in [0.15, 0.2) is 5.78 Å². The van der Waals surface area contributed by atoms with E-state index in [4.69, 9.17) is 4.74 Å². The van der Waals surface area contributed by atoms with Crippen LogP contribution in [0.3, 0.4) is 0 Å². The second-order valence-electron chi connectivity index (χ2n) is 3.31. The van der Waals surface area contributed by atoms with Gasteiger partial charge >= 0.3 is 0 Å². The molecule has 0 aliphatic rings. The second-order valence-corrected chi connectivity index (χ2v) is 3.31. The highest BCUT2D eigenvalue weighted by molar-refractivity contribution is 6.08. The Kier molecular flexibility index (Phi) is 3.09. The topological polar surface area (TPSA) is 52.1 Å². The second kappa shape index (κ2) is 4.69. The molecule has 0 bridgehead atoms. The number of benzene rings is 1. The summed E-state index contributed by atoms with van der Waals surface area (Å²) in [5.74, 6) is -0.682. The van der Waals surface area contributed by atoms with Crippen molar-refractivity contribution in [3.63, 3.8) is 0 Å². The van der Waals surface area contributed by atoms with Crippen LogP contribution in [0.5, 0.6) is 5.75 Å². The molecule has 0 spiro atoms. The predicted octanol–water partition coefficient (Wildman–Crippen LogP) is 1.86. The van der Waals surface area contributed by atoms with Crippen molar-refractivity contribution >= 4 is 5.78 Å². The highest BCUT2D eigenvalue weighted by atomic mass is 19.1. The summed E-state index contributed by atoms with van der Waals surface area (Å²) in [6, 6.07) is 5.57. The number of ketones is 1. The summed E-state index contributed by atoms with van der Waals surface area (Å²) < 4.78 is 18.5. The van der Waals surface area contributed by atoms with Crippen molar-refractivity contribution in [1.29, 1.82) is 0 Å². The molecule has 0 radical (unpaired) electrons. The van der Waals surface area contributed by atoms with Crippen LogP contribution < -0.4 is 4.74 Å². The van der Waals surface area contributed by atoms with Crippen LogP contribution in [0.2, 0.25) is 0 Å². The highest BCUT2D eigenvalue weighted by Crippen LogP contribution is 2.18. The molecule has 2 aromatic rings. The van der Waals surface area contributed by atoms with Gasteiger partial charge in [-0.15, -0.1) is 0 Å². The van der Waals surface area contributed by atoms with E-state index in [1.165, 1.54) is 43.8 Å². The van der Waals surface area contributed by atoms with E-state index in [1.807, 2.05) is 0 Å². The number of hydrogen-bond donors (Lipinski definition) is 0. The first-order valence-electron chi connectivity index (χ1n) is 4.87. The molecule has 1 aromatic carbocycles. The van der Waals surface area contributed by atoms with Gasteiger partial charge in [-0.05, 0) is 18.2 Å². The normalized spacial score (nSPS) is 10.0. The van der Waals surface area contributed by atoms with E-state index in [0.29, 0.717) is 11.3 Å². The third-order valence-electron chi connectivity index (χ3n) is 2.27. The van der Waals surface area contributed by atoms with Gasteiger partial charge in [-0.2, -0.15) is 10.2 Å². The van der Waals surface area contributed by atoms with Crippen molar-refractivity contribution in [2.75, 3.05) is 7.11 Å². The van der Waals surface area contributed by atoms with E-state index in [1.54, 1.807) is 0 Å². The zero-order chi connectivity index (χ0) is 12.3. The van der Waals surface area contributed by atoms with E-state index in [0.717, 1.165) is 0 Å². The van der Waals surface area contributed by atoms with Crippen LogP contribution in [-0.4, -0.2) is 23.1 Å². The molecule has 0 aliphatic carbocycles. The number of nitrogens with zero attached hydrogens (tertiary/aromatic N) is 2. The Balaban J connectivity index is 2.38. The SMILES string of the molecule is COc1ccc(C(=O)c2ccnnc2)c(F)c1. The van der Waals surface area contributed by atoms with Gasteiger partial charge in [-0.1, -0.05) is 0 Å². The summed E-state index contributed by atoms with van der Waals surface area (Å²) in [4.78, 5) is 11.9. The minimum atomic E-state index is -0.619. The molecule has 2 rings (SSSR count). The molecule has 0 amide bonds. The molecule has 5 heteroatoms. The lowest BCUT2D eigenvalue weighted by molar-refractivity contribution is 0.103. The standard InChI is InChI=1S/C12H9FN2O2/c1-17-9-2-3-10(11(13)6-9)12(16)8-4-5-14-15-7-8/h2-7H,1H3. The number of carbonyl (C=O) groups excluding carboxylic acids is 1. The number of methoxy groups -OCH3 is 1. The molecule has 4 nitrogen and oxygen atoms in total. The van der Waals surface area contributed by atoms with E-state index in [2.05, 4.69) is 10.2 Å². The van der Waals surface area contributed by atoms with Crippen molar-refractivity contribution < 1.29 is 13.9 Å². The average molecular weight is 232 g/mol. The first-order chi connectivity index (χ1) is 8.22. The average Bonchev–Trinajstić information content (AvgIpc) is 2.39. The monoisotopic (exact) mass is 232 g/mol.